The first-order chi connectivity index (χ1) is 20.1. The highest BCUT2D eigenvalue weighted by molar-refractivity contribution is 7.15. The maximum Gasteiger partial charge on any atom is 0.410 e. The van der Waals surface area contributed by atoms with E-state index in [9.17, 15) is 4.79 Å². The van der Waals surface area contributed by atoms with E-state index in [2.05, 4.69) is 48.8 Å². The zero-order valence-electron chi connectivity index (χ0n) is 27.0. The number of carbonyl (C=O) groups excluding carboxylic acids is 1. The summed E-state index contributed by atoms with van der Waals surface area (Å²) in [6, 6.07) is 6.98. The lowest BCUT2D eigenvalue weighted by Crippen LogP contribution is -2.34. The van der Waals surface area contributed by atoms with Crippen molar-refractivity contribution in [3.05, 3.63) is 41.3 Å². The fraction of sp³-hybridized carbons (Fsp3) is 0.533. The molecule has 0 aromatic carbocycles. The van der Waals surface area contributed by atoms with E-state index in [1.807, 2.05) is 63.3 Å². The summed E-state index contributed by atoms with van der Waals surface area (Å²) in [6.45, 7) is 18.1. The zero-order chi connectivity index (χ0) is 31.5. The second kappa shape index (κ2) is 13.1. The van der Waals surface area contributed by atoms with Crippen LogP contribution in [-0.4, -0.2) is 75.0 Å². The number of nitrogens with zero attached hydrogens (tertiary/aromatic N) is 8. The second-order valence-electron chi connectivity index (χ2n) is 13.3. The van der Waals surface area contributed by atoms with E-state index < -0.39 is 19.8 Å². The molecule has 4 aromatic heterocycles. The number of carbonyl (C=O) groups is 1. The third-order valence-electron chi connectivity index (χ3n) is 6.48. The fourth-order valence-electron chi connectivity index (χ4n) is 4.14. The Balaban J connectivity index is 1.64. The van der Waals surface area contributed by atoms with Crippen LogP contribution in [0.15, 0.2) is 30.6 Å². The van der Waals surface area contributed by atoms with Gasteiger partial charge in [0.15, 0.2) is 0 Å². The molecule has 0 spiro atoms. The smallest absolute Gasteiger partial charge is 0.410 e. The largest absolute Gasteiger partial charge is 0.444 e. The Labute approximate surface area is 259 Å². The molecule has 4 aromatic rings. The van der Waals surface area contributed by atoms with Gasteiger partial charge in [-0.1, -0.05) is 44.8 Å². The van der Waals surface area contributed by atoms with Crippen LogP contribution in [0.4, 0.5) is 15.7 Å². The number of hydrogen-bond acceptors (Lipinski definition) is 10. The lowest BCUT2D eigenvalue weighted by molar-refractivity contribution is 0.0283. The summed E-state index contributed by atoms with van der Waals surface area (Å²) in [5.41, 5.74) is 3.38. The number of fused-ring (bicyclic) bond motifs is 1. The van der Waals surface area contributed by atoms with Crippen LogP contribution in [-0.2, 0) is 23.1 Å². The molecule has 0 radical (unpaired) electrons. The Kier molecular flexibility index (Phi) is 9.87. The average Bonchev–Trinajstić information content (AvgIpc) is 3.53. The van der Waals surface area contributed by atoms with Crippen LogP contribution in [0.1, 0.15) is 51.2 Å². The van der Waals surface area contributed by atoms with Crippen LogP contribution < -0.4 is 4.90 Å². The maximum atomic E-state index is 12.6. The molecular formula is C30H44N8O3SSi. The van der Waals surface area contributed by atoms with Gasteiger partial charge in [-0.15, -0.1) is 10.2 Å². The van der Waals surface area contributed by atoms with Gasteiger partial charge >= 0.3 is 6.09 Å². The first-order valence-corrected chi connectivity index (χ1v) is 19.0. The Morgan fingerprint density at radius 2 is 1.88 bits per heavy atom. The van der Waals surface area contributed by atoms with Crippen LogP contribution in [0.25, 0.3) is 22.2 Å². The molecule has 232 valence electrons. The van der Waals surface area contributed by atoms with E-state index in [1.54, 1.807) is 23.1 Å². The van der Waals surface area contributed by atoms with E-state index in [4.69, 9.17) is 19.4 Å². The molecule has 0 aliphatic carbocycles. The molecule has 0 saturated heterocycles. The van der Waals surface area contributed by atoms with Crippen molar-refractivity contribution in [1.29, 1.82) is 0 Å². The minimum absolute atomic E-state index is 0.278. The highest BCUT2D eigenvalue weighted by Gasteiger charge is 2.23. The van der Waals surface area contributed by atoms with Crippen molar-refractivity contribution in [2.75, 3.05) is 25.3 Å². The zero-order valence-corrected chi connectivity index (χ0v) is 28.8. The van der Waals surface area contributed by atoms with Crippen LogP contribution >= 0.6 is 11.3 Å². The number of aryl methyl sites for hydroxylation is 1. The minimum Gasteiger partial charge on any atom is -0.444 e. The normalized spacial score (nSPS) is 12.3. The van der Waals surface area contributed by atoms with E-state index >= 15 is 0 Å². The molecular weight excluding hydrogens is 581 g/mol. The molecule has 0 N–H and O–H groups in total. The van der Waals surface area contributed by atoms with E-state index in [-0.39, 0.29) is 12.5 Å². The SMILES string of the molecule is CC(C)c1nnc(N(COCC[Si](C)(C)C)c2ccc3ncc(-c4cn(C)nc4CN(C)C(=O)OC(C)(C)C)cc3n2)s1. The number of amides is 1. The molecule has 1 amide bonds. The summed E-state index contributed by atoms with van der Waals surface area (Å²) >= 11 is 1.55. The van der Waals surface area contributed by atoms with E-state index in [1.165, 1.54) is 4.90 Å². The molecule has 11 nitrogen and oxygen atoms in total. The molecule has 43 heavy (non-hydrogen) atoms. The molecule has 13 heteroatoms. The van der Waals surface area contributed by atoms with E-state index in [0.717, 1.165) is 44.0 Å². The van der Waals surface area contributed by atoms with Gasteiger partial charge in [-0.05, 0) is 45.0 Å². The van der Waals surface area contributed by atoms with Gasteiger partial charge in [0.25, 0.3) is 0 Å². The summed E-state index contributed by atoms with van der Waals surface area (Å²) in [5.74, 6) is 0.988. The third kappa shape index (κ3) is 8.80. The molecule has 0 atom stereocenters. The summed E-state index contributed by atoms with van der Waals surface area (Å²) < 4.78 is 13.4. The van der Waals surface area contributed by atoms with Crippen molar-refractivity contribution in [3.8, 4) is 11.1 Å². The van der Waals surface area contributed by atoms with Crippen molar-refractivity contribution in [2.45, 2.75) is 78.4 Å². The third-order valence-corrected chi connectivity index (χ3v) is 9.43. The first kappa shape index (κ1) is 32.5. The topological polar surface area (TPSA) is 111 Å². The van der Waals surface area contributed by atoms with Crippen molar-refractivity contribution in [1.82, 2.24) is 34.8 Å². The molecule has 0 aliphatic rings. The Hall–Kier alpha value is -3.42. The Bertz CT molecular complexity index is 1560. The average molecular weight is 625 g/mol. The summed E-state index contributed by atoms with van der Waals surface area (Å²) in [4.78, 5) is 25.8. The molecule has 0 bridgehead atoms. The van der Waals surface area contributed by atoms with Crippen LogP contribution in [0.2, 0.25) is 25.7 Å². The van der Waals surface area contributed by atoms with Gasteiger partial charge in [-0.25, -0.2) is 9.78 Å². The van der Waals surface area contributed by atoms with Crippen molar-refractivity contribution in [3.63, 3.8) is 0 Å². The Morgan fingerprint density at radius 1 is 1.14 bits per heavy atom. The van der Waals surface area contributed by atoms with Gasteiger partial charge < -0.3 is 14.4 Å². The number of anilines is 2. The van der Waals surface area contributed by atoms with Gasteiger partial charge in [0.2, 0.25) is 5.13 Å². The number of aromatic nitrogens is 6. The van der Waals surface area contributed by atoms with Crippen molar-refractivity contribution >= 4 is 47.5 Å². The lowest BCUT2D eigenvalue weighted by Gasteiger charge is -2.24. The molecule has 4 heterocycles. The number of rotatable bonds is 11. The maximum absolute atomic E-state index is 12.6. The summed E-state index contributed by atoms with van der Waals surface area (Å²) in [7, 11) is 2.33. The van der Waals surface area contributed by atoms with E-state index in [0.29, 0.717) is 19.2 Å². The molecule has 0 aliphatic heterocycles. The Morgan fingerprint density at radius 3 is 2.53 bits per heavy atom. The van der Waals surface area contributed by atoms with Crippen molar-refractivity contribution in [2.24, 2.45) is 7.05 Å². The van der Waals surface area contributed by atoms with Gasteiger partial charge in [0.05, 0.1) is 23.3 Å². The van der Waals surface area contributed by atoms with Gasteiger partial charge in [0.1, 0.15) is 23.2 Å². The van der Waals surface area contributed by atoms with Gasteiger partial charge in [-0.2, -0.15) is 5.10 Å². The quantitative estimate of drug-likeness (QED) is 0.101. The first-order valence-electron chi connectivity index (χ1n) is 14.5. The highest BCUT2D eigenvalue weighted by Crippen LogP contribution is 2.32. The number of pyridine rings is 2. The molecule has 0 fully saturated rings. The predicted octanol–water partition coefficient (Wildman–Crippen LogP) is 6.82. The van der Waals surface area contributed by atoms with Crippen molar-refractivity contribution < 1.29 is 14.3 Å². The van der Waals surface area contributed by atoms with Gasteiger partial charge in [-0.3, -0.25) is 14.6 Å². The molecule has 0 unspecified atom stereocenters. The fourth-order valence-corrected chi connectivity index (χ4v) is 5.74. The van der Waals surface area contributed by atoms with Crippen LogP contribution in [0.3, 0.4) is 0 Å². The highest BCUT2D eigenvalue weighted by atomic mass is 32.1. The summed E-state index contributed by atoms with van der Waals surface area (Å²) in [6.07, 6.45) is 3.34. The van der Waals surface area contributed by atoms with Gasteiger partial charge in [0, 0.05) is 58.2 Å². The van der Waals surface area contributed by atoms with Crippen LogP contribution in [0, 0.1) is 0 Å². The monoisotopic (exact) mass is 624 g/mol. The number of ether oxygens (including phenoxy) is 2. The minimum atomic E-state index is -1.23. The molecule has 4 rings (SSSR count). The van der Waals surface area contributed by atoms with Crippen LogP contribution in [0.5, 0.6) is 0 Å². The number of hydrogen-bond donors (Lipinski definition) is 0. The second-order valence-corrected chi connectivity index (χ2v) is 19.9. The summed E-state index contributed by atoms with van der Waals surface area (Å²) in [5, 5.41) is 15.2. The standard InChI is InChI=1S/C30H44N8O3SSi/c1-20(2)27-33-34-28(42-27)38(19-40-13-14-43(8,9)10)26-12-11-23-24(32-26)15-21(16-31-23)22-17-37(7)35-25(22)18-36(6)29(39)41-30(3,4)5/h11-12,15-17,20H,13-14,18-19H2,1-10H3. The predicted molar refractivity (Wildman–Crippen MR) is 175 cm³/mol. The molecule has 0 saturated carbocycles. The lowest BCUT2D eigenvalue weighted by atomic mass is 10.1.